The minimum Gasteiger partial charge on any atom is -0.485 e. The van der Waals surface area contributed by atoms with Gasteiger partial charge >= 0.3 is 0 Å². The Balaban J connectivity index is 1.44. The lowest BCUT2D eigenvalue weighted by Crippen LogP contribution is -2.40. The summed E-state index contributed by atoms with van der Waals surface area (Å²) in [5.74, 6) is 3.42. The van der Waals surface area contributed by atoms with E-state index in [1.165, 1.54) is 0 Å². The highest BCUT2D eigenvalue weighted by atomic mass is 32.2. The molecule has 5 rings (SSSR count). The zero-order valence-electron chi connectivity index (χ0n) is 15.3. The number of benzene rings is 2. The van der Waals surface area contributed by atoms with Gasteiger partial charge in [-0.05, 0) is 36.8 Å². The largest absolute Gasteiger partial charge is 0.485 e. The molecule has 0 saturated heterocycles. The van der Waals surface area contributed by atoms with E-state index < -0.39 is 6.10 Å². The van der Waals surface area contributed by atoms with E-state index in [1.807, 2.05) is 48.0 Å². The fraction of sp³-hybridized carbons (Fsp3) is 0.238. The first kappa shape index (κ1) is 17.2. The van der Waals surface area contributed by atoms with Crippen molar-refractivity contribution in [2.45, 2.75) is 24.5 Å². The molecule has 2 aliphatic heterocycles. The number of hydrogen-bond donors (Lipinski definition) is 1. The lowest BCUT2D eigenvalue weighted by molar-refractivity contribution is -0.125. The maximum absolute atomic E-state index is 13.0. The number of carbonyl (C=O) groups excluding carboxylic acids is 1. The molecule has 0 aliphatic carbocycles. The van der Waals surface area contributed by atoms with Gasteiger partial charge in [0.25, 0.3) is 5.91 Å². The van der Waals surface area contributed by atoms with E-state index in [1.54, 1.807) is 17.8 Å². The number of hydrogen-bond acceptors (Lipinski definition) is 5. The van der Waals surface area contributed by atoms with Crippen molar-refractivity contribution in [1.29, 1.82) is 0 Å². The molecule has 7 heteroatoms. The third-order valence-corrected chi connectivity index (χ3v) is 5.81. The van der Waals surface area contributed by atoms with Crippen molar-refractivity contribution in [1.82, 2.24) is 9.78 Å². The van der Waals surface area contributed by atoms with E-state index in [9.17, 15) is 4.79 Å². The van der Waals surface area contributed by atoms with Crippen LogP contribution in [0.25, 0.3) is 5.69 Å². The summed E-state index contributed by atoms with van der Waals surface area (Å²) in [7, 11) is 0. The molecule has 1 N–H and O–H groups in total. The fourth-order valence-corrected chi connectivity index (χ4v) is 4.47. The van der Waals surface area contributed by atoms with Gasteiger partial charge in [0.2, 0.25) is 6.10 Å². The predicted molar refractivity (Wildman–Crippen MR) is 108 cm³/mol. The van der Waals surface area contributed by atoms with Gasteiger partial charge in [-0.15, -0.1) is 0 Å². The number of nitrogens with zero attached hydrogens (tertiary/aromatic N) is 2. The molecule has 1 atom stereocenters. The number of thioether (sulfide) groups is 1. The standard InChI is InChI=1S/C21H19N3O3S/c1-13-5-4-6-14(9-13)24-20(15-11-28-12-16(15)23-24)22-21(25)19-10-26-17-7-2-3-8-18(17)27-19/h2-9,19H,10-12H2,1H3,(H,22,25). The average molecular weight is 393 g/mol. The summed E-state index contributed by atoms with van der Waals surface area (Å²) in [6.45, 7) is 2.22. The van der Waals surface area contributed by atoms with Gasteiger partial charge < -0.3 is 14.8 Å². The normalized spacial score (nSPS) is 17.2. The lowest BCUT2D eigenvalue weighted by Gasteiger charge is -2.25. The predicted octanol–water partition coefficient (Wildman–Crippen LogP) is 3.71. The fourth-order valence-electron chi connectivity index (χ4n) is 3.43. The van der Waals surface area contributed by atoms with Crippen LogP contribution in [0.4, 0.5) is 5.82 Å². The van der Waals surface area contributed by atoms with Crippen molar-refractivity contribution in [3.8, 4) is 17.2 Å². The van der Waals surface area contributed by atoms with E-state index in [0.29, 0.717) is 11.5 Å². The SMILES string of the molecule is Cc1cccc(-n2nc3c(c2NC(=O)C2COc4ccccc4O2)CSC3)c1. The molecule has 1 aromatic heterocycles. The second kappa shape index (κ2) is 6.91. The van der Waals surface area contributed by atoms with Crippen molar-refractivity contribution in [3.05, 3.63) is 65.4 Å². The molecule has 2 aromatic carbocycles. The number of rotatable bonds is 3. The lowest BCUT2D eigenvalue weighted by atomic mass is 10.2. The molecule has 0 saturated carbocycles. The number of anilines is 1. The number of aryl methyl sites for hydroxylation is 1. The Morgan fingerprint density at radius 1 is 1.18 bits per heavy atom. The molecule has 3 aromatic rings. The Labute approximate surface area is 166 Å². The van der Waals surface area contributed by atoms with Crippen LogP contribution in [0.1, 0.15) is 16.8 Å². The monoisotopic (exact) mass is 393 g/mol. The molecule has 0 radical (unpaired) electrons. The van der Waals surface area contributed by atoms with E-state index in [4.69, 9.17) is 14.6 Å². The highest BCUT2D eigenvalue weighted by Gasteiger charge is 2.31. The van der Waals surface area contributed by atoms with Crippen molar-refractivity contribution in [3.63, 3.8) is 0 Å². The zero-order chi connectivity index (χ0) is 19.1. The quantitative estimate of drug-likeness (QED) is 0.735. The topological polar surface area (TPSA) is 65.4 Å². The summed E-state index contributed by atoms with van der Waals surface area (Å²) < 4.78 is 13.4. The molecular formula is C21H19N3O3S. The van der Waals surface area contributed by atoms with Gasteiger partial charge in [-0.1, -0.05) is 24.3 Å². The minimum absolute atomic E-state index is 0.179. The summed E-state index contributed by atoms with van der Waals surface area (Å²) in [5.41, 5.74) is 4.17. The van der Waals surface area contributed by atoms with Crippen molar-refractivity contribution in [2.75, 3.05) is 11.9 Å². The first-order chi connectivity index (χ1) is 13.7. The average Bonchev–Trinajstić information content (AvgIpc) is 3.30. The number of aromatic nitrogens is 2. The number of para-hydroxylation sites is 2. The third-order valence-electron chi connectivity index (χ3n) is 4.84. The molecule has 6 nitrogen and oxygen atoms in total. The number of amides is 1. The Bertz CT molecular complexity index is 1060. The van der Waals surface area contributed by atoms with Crippen molar-refractivity contribution in [2.24, 2.45) is 0 Å². The van der Waals surface area contributed by atoms with E-state index >= 15 is 0 Å². The second-order valence-corrected chi connectivity index (χ2v) is 7.86. The van der Waals surface area contributed by atoms with Crippen molar-refractivity contribution >= 4 is 23.5 Å². The number of fused-ring (bicyclic) bond motifs is 2. The molecule has 2 aliphatic rings. The summed E-state index contributed by atoms with van der Waals surface area (Å²) in [5, 5.41) is 7.80. The summed E-state index contributed by atoms with van der Waals surface area (Å²) in [6.07, 6.45) is -0.708. The number of carbonyl (C=O) groups is 1. The summed E-state index contributed by atoms with van der Waals surface area (Å²) in [6, 6.07) is 15.5. The molecule has 1 unspecified atom stereocenters. The van der Waals surface area contributed by atoms with Gasteiger partial charge in [-0.25, -0.2) is 4.68 Å². The van der Waals surface area contributed by atoms with Gasteiger partial charge in [0.15, 0.2) is 11.5 Å². The molecule has 0 spiro atoms. The molecule has 0 fully saturated rings. The van der Waals surface area contributed by atoms with E-state index in [-0.39, 0.29) is 12.5 Å². The van der Waals surface area contributed by atoms with Crippen LogP contribution in [0, 0.1) is 6.92 Å². The summed E-state index contributed by atoms with van der Waals surface area (Å²) >= 11 is 1.80. The van der Waals surface area contributed by atoms with Gasteiger partial charge in [-0.2, -0.15) is 16.9 Å². The molecule has 3 heterocycles. The van der Waals surface area contributed by atoms with E-state index in [2.05, 4.69) is 11.4 Å². The van der Waals surface area contributed by atoms with Gasteiger partial charge in [0.1, 0.15) is 12.4 Å². The highest BCUT2D eigenvalue weighted by molar-refractivity contribution is 7.98. The summed E-state index contributed by atoms with van der Waals surface area (Å²) in [4.78, 5) is 13.0. The van der Waals surface area contributed by atoms with Crippen LogP contribution in [0.5, 0.6) is 11.5 Å². The molecule has 0 bridgehead atoms. The molecule has 142 valence electrons. The van der Waals surface area contributed by atoms with Crippen molar-refractivity contribution < 1.29 is 14.3 Å². The first-order valence-electron chi connectivity index (χ1n) is 9.14. The second-order valence-electron chi connectivity index (χ2n) is 6.87. The van der Waals surface area contributed by atoms with Gasteiger partial charge in [0.05, 0.1) is 11.4 Å². The van der Waals surface area contributed by atoms with Crippen LogP contribution in [0.3, 0.4) is 0 Å². The molecule has 1 amide bonds. The van der Waals surface area contributed by atoms with Crippen LogP contribution < -0.4 is 14.8 Å². The first-order valence-corrected chi connectivity index (χ1v) is 10.3. The number of nitrogens with one attached hydrogen (secondary N) is 1. The van der Waals surface area contributed by atoms with Crippen LogP contribution in [0.2, 0.25) is 0 Å². The number of ether oxygens (including phenoxy) is 2. The van der Waals surface area contributed by atoms with Gasteiger partial charge in [-0.3, -0.25) is 4.79 Å². The molecule has 28 heavy (non-hydrogen) atoms. The van der Waals surface area contributed by atoms with Crippen LogP contribution in [0.15, 0.2) is 48.5 Å². The Morgan fingerprint density at radius 3 is 2.89 bits per heavy atom. The zero-order valence-corrected chi connectivity index (χ0v) is 16.2. The van der Waals surface area contributed by atoms with Crippen LogP contribution in [-0.4, -0.2) is 28.4 Å². The highest BCUT2D eigenvalue weighted by Crippen LogP contribution is 2.37. The van der Waals surface area contributed by atoms with Crippen LogP contribution in [-0.2, 0) is 16.3 Å². The van der Waals surface area contributed by atoms with Gasteiger partial charge in [0, 0.05) is 17.1 Å². The Kier molecular flexibility index (Phi) is 4.24. The maximum Gasteiger partial charge on any atom is 0.270 e. The molecular weight excluding hydrogens is 374 g/mol. The maximum atomic E-state index is 13.0. The smallest absolute Gasteiger partial charge is 0.270 e. The van der Waals surface area contributed by atoms with Crippen LogP contribution >= 0.6 is 11.8 Å². The minimum atomic E-state index is -0.708. The third kappa shape index (κ3) is 3.01. The Morgan fingerprint density at radius 2 is 2.04 bits per heavy atom. The van der Waals surface area contributed by atoms with E-state index in [0.717, 1.165) is 39.8 Å². The Hall–Kier alpha value is -2.93.